The fourth-order valence-electron chi connectivity index (χ4n) is 5.01. The molecule has 3 heterocycles. The van der Waals surface area contributed by atoms with Gasteiger partial charge in [-0.05, 0) is 51.2 Å². The standard InChI is InChI=1S/C22H28F2N8/c1-10(2)32-21-18(19(31-32)12-5-4-6-16-13(12)9-26-30-16)20(25)28-22(29-21)27-17-8-14(23)11(3)7-15(17)24/h7-8,10,12-13,16,26,30H,4-6,9H2,1-3H3,(H3,25,27,28,29). The minimum atomic E-state index is -0.585. The molecule has 32 heavy (non-hydrogen) atoms. The summed E-state index contributed by atoms with van der Waals surface area (Å²) in [5.41, 5.74) is 14.8. The number of halogens is 2. The van der Waals surface area contributed by atoms with Gasteiger partial charge in [-0.2, -0.15) is 15.1 Å². The van der Waals surface area contributed by atoms with Gasteiger partial charge in [0.2, 0.25) is 5.95 Å². The van der Waals surface area contributed by atoms with Gasteiger partial charge in [-0.3, -0.25) is 10.9 Å². The second kappa shape index (κ2) is 7.93. The highest BCUT2D eigenvalue weighted by Crippen LogP contribution is 2.42. The van der Waals surface area contributed by atoms with Crippen LogP contribution in [0.1, 0.15) is 56.3 Å². The quantitative estimate of drug-likeness (QED) is 0.488. The van der Waals surface area contributed by atoms with Crippen molar-refractivity contribution in [2.45, 2.75) is 58.0 Å². The molecular formula is C22H28F2N8. The number of rotatable bonds is 4. The van der Waals surface area contributed by atoms with E-state index in [1.807, 2.05) is 18.5 Å². The Morgan fingerprint density at radius 3 is 2.78 bits per heavy atom. The molecule has 1 aliphatic carbocycles. The zero-order valence-electron chi connectivity index (χ0n) is 18.4. The number of aromatic nitrogens is 4. The van der Waals surface area contributed by atoms with Crippen molar-refractivity contribution in [1.82, 2.24) is 30.6 Å². The Hall–Kier alpha value is -2.85. The fourth-order valence-corrected chi connectivity index (χ4v) is 5.01. The zero-order chi connectivity index (χ0) is 22.6. The van der Waals surface area contributed by atoms with Crippen molar-refractivity contribution in [2.75, 3.05) is 17.6 Å². The van der Waals surface area contributed by atoms with E-state index in [0.717, 1.165) is 49.0 Å². The first-order chi connectivity index (χ1) is 15.3. The molecular weight excluding hydrogens is 414 g/mol. The van der Waals surface area contributed by atoms with Crippen LogP contribution in [0.25, 0.3) is 11.0 Å². The number of nitrogens with one attached hydrogen (secondary N) is 3. The lowest BCUT2D eigenvalue weighted by atomic mass is 9.75. The third-order valence-corrected chi connectivity index (χ3v) is 6.63. The molecule has 2 aliphatic rings. The fraction of sp³-hybridized carbons (Fsp3) is 0.500. The zero-order valence-corrected chi connectivity index (χ0v) is 18.4. The molecule has 5 rings (SSSR count). The Balaban J connectivity index is 1.59. The van der Waals surface area contributed by atoms with Gasteiger partial charge in [0.1, 0.15) is 17.5 Å². The van der Waals surface area contributed by atoms with E-state index in [4.69, 9.17) is 10.8 Å². The van der Waals surface area contributed by atoms with E-state index in [9.17, 15) is 8.78 Å². The molecule has 1 aromatic carbocycles. The smallest absolute Gasteiger partial charge is 0.231 e. The molecule has 1 saturated carbocycles. The third-order valence-electron chi connectivity index (χ3n) is 6.63. The Morgan fingerprint density at radius 1 is 1.19 bits per heavy atom. The van der Waals surface area contributed by atoms with Gasteiger partial charge in [-0.15, -0.1) is 0 Å². The summed E-state index contributed by atoms with van der Waals surface area (Å²) in [7, 11) is 0. The summed E-state index contributed by atoms with van der Waals surface area (Å²) in [6, 6.07) is 2.69. The van der Waals surface area contributed by atoms with Crippen LogP contribution in [0.2, 0.25) is 0 Å². The molecule has 10 heteroatoms. The summed E-state index contributed by atoms with van der Waals surface area (Å²) in [5, 5.41) is 8.48. The van der Waals surface area contributed by atoms with E-state index in [-0.39, 0.29) is 35.0 Å². The summed E-state index contributed by atoms with van der Waals surface area (Å²) in [6.45, 7) is 6.44. The molecule has 2 fully saturated rings. The normalized spacial score (nSPS) is 23.1. The Kier molecular flexibility index (Phi) is 5.21. The molecule has 0 bridgehead atoms. The highest BCUT2D eigenvalue weighted by molar-refractivity contribution is 5.90. The number of hydrazine groups is 1. The molecule has 0 amide bonds. The third kappa shape index (κ3) is 3.47. The molecule has 1 saturated heterocycles. The molecule has 2 aromatic heterocycles. The average molecular weight is 443 g/mol. The summed E-state index contributed by atoms with van der Waals surface area (Å²) in [4.78, 5) is 9.01. The van der Waals surface area contributed by atoms with Gasteiger partial charge in [0, 0.05) is 30.6 Å². The molecule has 5 N–H and O–H groups in total. The molecule has 170 valence electrons. The van der Waals surface area contributed by atoms with Gasteiger partial charge < -0.3 is 11.1 Å². The monoisotopic (exact) mass is 442 g/mol. The summed E-state index contributed by atoms with van der Waals surface area (Å²) < 4.78 is 30.2. The van der Waals surface area contributed by atoms with Crippen LogP contribution in [-0.2, 0) is 0 Å². The summed E-state index contributed by atoms with van der Waals surface area (Å²) in [5.74, 6) is -0.0390. The van der Waals surface area contributed by atoms with Crippen LogP contribution in [0.5, 0.6) is 0 Å². The number of benzene rings is 1. The van der Waals surface area contributed by atoms with Crippen LogP contribution in [0.3, 0.4) is 0 Å². The van der Waals surface area contributed by atoms with E-state index >= 15 is 0 Å². The lowest BCUT2D eigenvalue weighted by Gasteiger charge is -2.31. The predicted molar refractivity (Wildman–Crippen MR) is 120 cm³/mol. The lowest BCUT2D eigenvalue weighted by Crippen LogP contribution is -2.36. The van der Waals surface area contributed by atoms with Crippen molar-refractivity contribution in [1.29, 1.82) is 0 Å². The van der Waals surface area contributed by atoms with Gasteiger partial charge in [0.15, 0.2) is 5.65 Å². The van der Waals surface area contributed by atoms with Crippen LogP contribution >= 0.6 is 0 Å². The van der Waals surface area contributed by atoms with E-state index in [1.165, 1.54) is 6.92 Å². The van der Waals surface area contributed by atoms with E-state index in [1.54, 1.807) is 0 Å². The summed E-state index contributed by atoms with van der Waals surface area (Å²) in [6.07, 6.45) is 3.27. The SMILES string of the molecule is Cc1cc(F)c(Nc2nc(N)c3c(C4CCCC5NNCC54)nn(C(C)C)c3n2)cc1F. The first-order valence-corrected chi connectivity index (χ1v) is 11.1. The molecule has 1 aliphatic heterocycles. The van der Waals surface area contributed by atoms with Crippen molar-refractivity contribution in [2.24, 2.45) is 5.92 Å². The molecule has 0 radical (unpaired) electrons. The van der Waals surface area contributed by atoms with Crippen LogP contribution in [-0.4, -0.2) is 32.3 Å². The number of nitrogen functional groups attached to an aromatic ring is 1. The number of hydrogen-bond acceptors (Lipinski definition) is 7. The van der Waals surface area contributed by atoms with Crippen molar-refractivity contribution in [3.05, 3.63) is 35.0 Å². The molecule has 8 nitrogen and oxygen atoms in total. The molecule has 0 spiro atoms. The van der Waals surface area contributed by atoms with Gasteiger partial charge in [0.25, 0.3) is 0 Å². The Morgan fingerprint density at radius 2 is 2.00 bits per heavy atom. The topological polar surface area (TPSA) is 106 Å². The van der Waals surface area contributed by atoms with Crippen molar-refractivity contribution < 1.29 is 8.78 Å². The molecule has 3 aromatic rings. The van der Waals surface area contributed by atoms with Crippen molar-refractivity contribution in [3.63, 3.8) is 0 Å². The number of aryl methyl sites for hydroxylation is 1. The number of hydrogen-bond donors (Lipinski definition) is 4. The van der Waals surface area contributed by atoms with Crippen LogP contribution in [0, 0.1) is 24.5 Å². The highest BCUT2D eigenvalue weighted by atomic mass is 19.1. The second-order valence-corrected chi connectivity index (χ2v) is 9.09. The maximum Gasteiger partial charge on any atom is 0.231 e. The van der Waals surface area contributed by atoms with Gasteiger partial charge >= 0.3 is 0 Å². The van der Waals surface area contributed by atoms with Gasteiger partial charge in [-0.1, -0.05) is 6.42 Å². The minimum Gasteiger partial charge on any atom is -0.383 e. The van der Waals surface area contributed by atoms with Crippen molar-refractivity contribution in [3.8, 4) is 0 Å². The largest absolute Gasteiger partial charge is 0.383 e. The van der Waals surface area contributed by atoms with Gasteiger partial charge in [-0.25, -0.2) is 13.5 Å². The first-order valence-electron chi connectivity index (χ1n) is 11.1. The average Bonchev–Trinajstić information content (AvgIpc) is 3.37. The maximum absolute atomic E-state index is 14.4. The number of anilines is 3. The highest BCUT2D eigenvalue weighted by Gasteiger charge is 2.40. The second-order valence-electron chi connectivity index (χ2n) is 9.09. The minimum absolute atomic E-state index is 0.0408. The number of nitrogens with two attached hydrogens (primary N) is 1. The van der Waals surface area contributed by atoms with Crippen molar-refractivity contribution >= 4 is 28.5 Å². The lowest BCUT2D eigenvalue weighted by molar-refractivity contribution is 0.287. The van der Waals surface area contributed by atoms with Crippen LogP contribution in [0.15, 0.2) is 12.1 Å². The maximum atomic E-state index is 14.4. The summed E-state index contributed by atoms with van der Waals surface area (Å²) >= 11 is 0. The number of nitrogens with zero attached hydrogens (tertiary/aromatic N) is 4. The Bertz CT molecular complexity index is 1170. The van der Waals surface area contributed by atoms with Crippen LogP contribution in [0.4, 0.5) is 26.2 Å². The van der Waals surface area contributed by atoms with E-state index in [0.29, 0.717) is 17.6 Å². The van der Waals surface area contributed by atoms with E-state index < -0.39 is 11.6 Å². The molecule has 3 unspecified atom stereocenters. The predicted octanol–water partition coefficient (Wildman–Crippen LogP) is 3.68. The first kappa shape index (κ1) is 21.0. The molecule has 3 atom stereocenters. The van der Waals surface area contributed by atoms with Gasteiger partial charge in [0.05, 0.1) is 16.8 Å². The van der Waals surface area contributed by atoms with Crippen LogP contribution < -0.4 is 21.9 Å². The Labute approximate surface area is 185 Å². The van der Waals surface area contributed by atoms with E-state index in [2.05, 4.69) is 26.1 Å². The number of fused-ring (bicyclic) bond motifs is 2.